The molecular formula is C13H22N4O. The molecular weight excluding hydrogens is 228 g/mol. The maximum Gasteiger partial charge on any atom is 0.218 e. The Hall–Kier alpha value is -1.36. The van der Waals surface area contributed by atoms with E-state index in [1.807, 2.05) is 6.07 Å². The fraction of sp³-hybridized carbons (Fsp3) is 0.692. The third kappa shape index (κ3) is 3.32. The SMILES string of the molecule is CCCN(CC1CCCN1)c1cc(OC)ncn1. The molecule has 0 aromatic carbocycles. The van der Waals surface area contributed by atoms with Crippen molar-refractivity contribution in [3.8, 4) is 5.88 Å². The Morgan fingerprint density at radius 3 is 3.06 bits per heavy atom. The maximum atomic E-state index is 5.16. The summed E-state index contributed by atoms with van der Waals surface area (Å²) in [7, 11) is 1.63. The molecule has 5 nitrogen and oxygen atoms in total. The van der Waals surface area contributed by atoms with E-state index < -0.39 is 0 Å². The highest BCUT2D eigenvalue weighted by Crippen LogP contribution is 2.17. The number of nitrogens with zero attached hydrogens (tertiary/aromatic N) is 3. The van der Waals surface area contributed by atoms with Crippen molar-refractivity contribution in [3.63, 3.8) is 0 Å². The number of methoxy groups -OCH3 is 1. The molecule has 1 aliphatic rings. The fourth-order valence-corrected chi connectivity index (χ4v) is 2.36. The van der Waals surface area contributed by atoms with Crippen molar-refractivity contribution < 1.29 is 4.74 Å². The van der Waals surface area contributed by atoms with E-state index in [9.17, 15) is 0 Å². The van der Waals surface area contributed by atoms with Crippen LogP contribution < -0.4 is 15.0 Å². The Morgan fingerprint density at radius 2 is 2.39 bits per heavy atom. The molecule has 0 bridgehead atoms. The lowest BCUT2D eigenvalue weighted by atomic mass is 10.2. The van der Waals surface area contributed by atoms with Gasteiger partial charge in [-0.15, -0.1) is 0 Å². The lowest BCUT2D eigenvalue weighted by molar-refractivity contribution is 0.396. The number of rotatable bonds is 6. The summed E-state index contributed by atoms with van der Waals surface area (Å²) in [5, 5.41) is 3.53. The highest BCUT2D eigenvalue weighted by molar-refractivity contribution is 5.41. The Labute approximate surface area is 109 Å². The Bertz CT molecular complexity index is 366. The molecule has 1 fully saturated rings. The van der Waals surface area contributed by atoms with E-state index in [1.54, 1.807) is 13.4 Å². The third-order valence-corrected chi connectivity index (χ3v) is 3.26. The number of hydrogen-bond acceptors (Lipinski definition) is 5. The number of hydrogen-bond donors (Lipinski definition) is 1. The van der Waals surface area contributed by atoms with Crippen LogP contribution in [0.5, 0.6) is 5.88 Å². The van der Waals surface area contributed by atoms with Gasteiger partial charge in [-0.3, -0.25) is 0 Å². The van der Waals surface area contributed by atoms with Crippen LogP contribution in [-0.2, 0) is 0 Å². The van der Waals surface area contributed by atoms with Gasteiger partial charge in [0.25, 0.3) is 0 Å². The zero-order valence-corrected chi connectivity index (χ0v) is 11.2. The molecule has 0 aliphatic carbocycles. The summed E-state index contributed by atoms with van der Waals surface area (Å²) >= 11 is 0. The van der Waals surface area contributed by atoms with Crippen molar-refractivity contribution in [2.24, 2.45) is 0 Å². The summed E-state index contributed by atoms with van der Waals surface area (Å²) in [5.74, 6) is 1.58. The molecule has 0 saturated carbocycles. The average molecular weight is 250 g/mol. The van der Waals surface area contributed by atoms with E-state index in [-0.39, 0.29) is 0 Å². The molecule has 1 aromatic heterocycles. The van der Waals surface area contributed by atoms with Crippen molar-refractivity contribution in [2.75, 3.05) is 31.6 Å². The van der Waals surface area contributed by atoms with E-state index in [1.165, 1.54) is 12.8 Å². The second kappa shape index (κ2) is 6.54. The van der Waals surface area contributed by atoms with Crippen LogP contribution >= 0.6 is 0 Å². The van der Waals surface area contributed by atoms with Crippen LogP contribution in [0.15, 0.2) is 12.4 Å². The maximum absolute atomic E-state index is 5.16. The van der Waals surface area contributed by atoms with E-state index in [0.29, 0.717) is 11.9 Å². The van der Waals surface area contributed by atoms with E-state index >= 15 is 0 Å². The number of aromatic nitrogens is 2. The van der Waals surface area contributed by atoms with Crippen LogP contribution in [0.2, 0.25) is 0 Å². The number of anilines is 1. The molecule has 18 heavy (non-hydrogen) atoms. The summed E-state index contributed by atoms with van der Waals surface area (Å²) < 4.78 is 5.16. The summed E-state index contributed by atoms with van der Waals surface area (Å²) in [5.41, 5.74) is 0. The summed E-state index contributed by atoms with van der Waals surface area (Å²) in [6, 6.07) is 2.49. The molecule has 1 aliphatic heterocycles. The van der Waals surface area contributed by atoms with Crippen molar-refractivity contribution >= 4 is 5.82 Å². The normalized spacial score (nSPS) is 18.9. The van der Waals surface area contributed by atoms with E-state index in [0.717, 1.165) is 31.9 Å². The quantitative estimate of drug-likeness (QED) is 0.828. The molecule has 2 heterocycles. The topological polar surface area (TPSA) is 50.3 Å². The van der Waals surface area contributed by atoms with Gasteiger partial charge in [0, 0.05) is 25.2 Å². The molecule has 1 N–H and O–H groups in total. The summed E-state index contributed by atoms with van der Waals surface area (Å²) in [6.45, 7) is 5.34. The first-order valence-corrected chi connectivity index (χ1v) is 6.68. The predicted octanol–water partition coefficient (Wildman–Crippen LogP) is 1.45. The first-order chi connectivity index (χ1) is 8.83. The smallest absolute Gasteiger partial charge is 0.218 e. The highest BCUT2D eigenvalue weighted by Gasteiger charge is 2.18. The molecule has 1 aromatic rings. The average Bonchev–Trinajstić information content (AvgIpc) is 2.91. The van der Waals surface area contributed by atoms with Gasteiger partial charge in [-0.1, -0.05) is 6.92 Å². The van der Waals surface area contributed by atoms with Crippen molar-refractivity contribution in [2.45, 2.75) is 32.2 Å². The fourth-order valence-electron chi connectivity index (χ4n) is 2.36. The molecule has 2 rings (SSSR count). The van der Waals surface area contributed by atoms with Gasteiger partial charge >= 0.3 is 0 Å². The standard InChI is InChI=1S/C13H22N4O/c1-3-7-17(9-11-5-4-6-14-11)12-8-13(18-2)16-10-15-12/h8,10-11,14H,3-7,9H2,1-2H3. The zero-order chi connectivity index (χ0) is 12.8. The molecule has 5 heteroatoms. The van der Waals surface area contributed by atoms with E-state index in [4.69, 9.17) is 4.74 Å². The summed E-state index contributed by atoms with van der Waals surface area (Å²) in [4.78, 5) is 10.7. The van der Waals surface area contributed by atoms with Crippen LogP contribution in [0.4, 0.5) is 5.82 Å². The predicted molar refractivity (Wildman–Crippen MR) is 72.1 cm³/mol. The van der Waals surface area contributed by atoms with Gasteiger partial charge in [-0.05, 0) is 25.8 Å². The minimum atomic E-state index is 0.581. The minimum Gasteiger partial charge on any atom is -0.481 e. The summed E-state index contributed by atoms with van der Waals surface area (Å²) in [6.07, 6.45) is 5.21. The van der Waals surface area contributed by atoms with Crippen molar-refractivity contribution in [3.05, 3.63) is 12.4 Å². The van der Waals surface area contributed by atoms with Crippen LogP contribution in [0.1, 0.15) is 26.2 Å². The van der Waals surface area contributed by atoms with Crippen LogP contribution in [0.3, 0.4) is 0 Å². The largest absolute Gasteiger partial charge is 0.481 e. The second-order valence-electron chi connectivity index (χ2n) is 4.66. The van der Waals surface area contributed by atoms with Crippen molar-refractivity contribution in [1.29, 1.82) is 0 Å². The van der Waals surface area contributed by atoms with Crippen LogP contribution in [0, 0.1) is 0 Å². The molecule has 0 spiro atoms. The van der Waals surface area contributed by atoms with Gasteiger partial charge in [0.1, 0.15) is 12.1 Å². The monoisotopic (exact) mass is 250 g/mol. The van der Waals surface area contributed by atoms with Gasteiger partial charge in [0.05, 0.1) is 7.11 Å². The van der Waals surface area contributed by atoms with Crippen LogP contribution in [-0.4, -0.2) is 42.8 Å². The molecule has 1 atom stereocenters. The van der Waals surface area contributed by atoms with Gasteiger partial charge in [0.2, 0.25) is 5.88 Å². The van der Waals surface area contributed by atoms with Gasteiger partial charge in [0.15, 0.2) is 0 Å². The lowest BCUT2D eigenvalue weighted by Gasteiger charge is -2.26. The van der Waals surface area contributed by atoms with Crippen molar-refractivity contribution in [1.82, 2.24) is 15.3 Å². The number of ether oxygens (including phenoxy) is 1. The Kier molecular flexibility index (Phi) is 4.75. The van der Waals surface area contributed by atoms with Gasteiger partial charge in [-0.2, -0.15) is 0 Å². The van der Waals surface area contributed by atoms with E-state index in [2.05, 4.69) is 27.1 Å². The van der Waals surface area contributed by atoms with Gasteiger partial charge in [-0.25, -0.2) is 9.97 Å². The first-order valence-electron chi connectivity index (χ1n) is 6.68. The minimum absolute atomic E-state index is 0.581. The molecule has 1 unspecified atom stereocenters. The lowest BCUT2D eigenvalue weighted by Crippen LogP contribution is -2.38. The first kappa shape index (κ1) is 13.1. The highest BCUT2D eigenvalue weighted by atomic mass is 16.5. The van der Waals surface area contributed by atoms with Gasteiger partial charge < -0.3 is 15.0 Å². The zero-order valence-electron chi connectivity index (χ0n) is 11.2. The van der Waals surface area contributed by atoms with Crippen LogP contribution in [0.25, 0.3) is 0 Å². The Morgan fingerprint density at radius 1 is 1.50 bits per heavy atom. The second-order valence-corrected chi connectivity index (χ2v) is 4.66. The third-order valence-electron chi connectivity index (χ3n) is 3.26. The molecule has 0 amide bonds. The Balaban J connectivity index is 2.06. The molecule has 1 saturated heterocycles. The number of nitrogens with one attached hydrogen (secondary N) is 1. The molecule has 0 radical (unpaired) electrons. The molecule has 100 valence electrons.